The predicted octanol–water partition coefficient (Wildman–Crippen LogP) is 24.1. The number of rotatable bonds is 32. The van der Waals surface area contributed by atoms with Crippen LogP contribution < -0.4 is 0 Å². The van der Waals surface area contributed by atoms with Gasteiger partial charge in [-0.2, -0.15) is 0 Å². The first-order valence-electron chi connectivity index (χ1n) is 58.0. The predicted molar refractivity (Wildman–Crippen MR) is 544 cm³/mol. The summed E-state index contributed by atoms with van der Waals surface area (Å²) in [6, 6.07) is 0. The topological polar surface area (TPSA) is 316 Å². The van der Waals surface area contributed by atoms with Crippen molar-refractivity contribution in [1.29, 1.82) is 0 Å². The van der Waals surface area contributed by atoms with Crippen LogP contribution in [0, 0.1) is 195 Å². The number of carbonyl (C=O) groups excluding carboxylic acids is 12. The van der Waals surface area contributed by atoms with Crippen LogP contribution in [-0.4, -0.2) is 145 Å². The van der Waals surface area contributed by atoms with E-state index in [1.54, 1.807) is 0 Å². The molecule has 0 saturated heterocycles. The quantitative estimate of drug-likeness (QED) is 0.0446. The number of ether oxygens (including phenoxy) is 12. The van der Waals surface area contributed by atoms with Crippen LogP contribution in [0.5, 0.6) is 0 Å². The fourth-order valence-electron chi connectivity index (χ4n) is 31.6. The third kappa shape index (κ3) is 27.7. The van der Waals surface area contributed by atoms with Crippen LogP contribution >= 0.6 is 0 Å². The summed E-state index contributed by atoms with van der Waals surface area (Å²) in [5, 5.41) is 0. The average Bonchev–Trinajstić information content (AvgIpc) is 1.64. The Hall–Kier alpha value is -6.36. The first kappa shape index (κ1) is 115. The van der Waals surface area contributed by atoms with E-state index in [-0.39, 0.29) is 164 Å². The van der Waals surface area contributed by atoms with Gasteiger partial charge in [-0.05, 0) is 400 Å². The van der Waals surface area contributed by atoms with Crippen molar-refractivity contribution in [3.63, 3.8) is 0 Å². The van der Waals surface area contributed by atoms with Gasteiger partial charge in [0.1, 0.15) is 40.2 Å². The van der Waals surface area contributed by atoms with Gasteiger partial charge in [0.25, 0.3) is 0 Å². The molecule has 0 radical (unpaired) electrons. The molecule has 0 heterocycles. The Bertz CT molecular complexity index is 4160. The Balaban J connectivity index is 0.000000153. The number of carbonyl (C=O) groups is 12. The van der Waals surface area contributed by atoms with Gasteiger partial charge in [0.15, 0.2) is 33.0 Å². The molecule has 812 valence electrons. The number of fused-ring (bicyclic) bond motifs is 12. The molecule has 0 amide bonds. The van der Waals surface area contributed by atoms with E-state index in [0.29, 0.717) is 148 Å². The average molecular weight is 2010 g/mol. The van der Waals surface area contributed by atoms with Crippen molar-refractivity contribution >= 4 is 71.6 Å². The molecule has 17 rings (SSSR count). The number of hydrogen-bond donors (Lipinski definition) is 0. The van der Waals surface area contributed by atoms with Gasteiger partial charge < -0.3 is 56.8 Å². The van der Waals surface area contributed by atoms with E-state index in [9.17, 15) is 57.5 Å². The van der Waals surface area contributed by atoms with Crippen molar-refractivity contribution in [2.75, 3.05) is 39.6 Å². The lowest BCUT2D eigenvalue weighted by Crippen LogP contribution is -2.43. The van der Waals surface area contributed by atoms with Gasteiger partial charge >= 0.3 is 71.6 Å². The number of esters is 12. The Morgan fingerprint density at radius 2 is 0.545 bits per heavy atom. The van der Waals surface area contributed by atoms with E-state index in [4.69, 9.17) is 56.8 Å². The van der Waals surface area contributed by atoms with Crippen molar-refractivity contribution in [2.24, 2.45) is 195 Å². The molecule has 17 aliphatic rings. The highest BCUT2D eigenvalue weighted by Crippen LogP contribution is 2.61. The van der Waals surface area contributed by atoms with Gasteiger partial charge in [0, 0.05) is 0 Å². The molecule has 24 nitrogen and oxygen atoms in total. The van der Waals surface area contributed by atoms with Crippen molar-refractivity contribution in [3.05, 3.63) is 0 Å². The normalized spacial score (nSPS) is 36.1. The second-order valence-corrected chi connectivity index (χ2v) is 51.1. The molecule has 17 fully saturated rings. The Morgan fingerprint density at radius 3 is 0.846 bits per heavy atom. The summed E-state index contributed by atoms with van der Waals surface area (Å²) >= 11 is 0. The minimum Gasteiger partial charge on any atom is -0.465 e. The van der Waals surface area contributed by atoms with Crippen LogP contribution in [0.25, 0.3) is 0 Å². The van der Waals surface area contributed by atoms with Crippen molar-refractivity contribution in [1.82, 2.24) is 0 Å². The lowest BCUT2D eigenvalue weighted by molar-refractivity contribution is -0.179. The molecule has 0 aromatic heterocycles. The SMILES string of the molecule is CC1C2CC(C(=O)OCC(=O)OC(C)(C)C(C)C)C(C2)C1C.CC1C2CC(C(=O)OCC(=O)OC(C)(C)C3CCCC3)C(C2)C1C.CC1C2CC(C(=O)OCC(=O)OC3(C)CCCC3)C(C2)C1C.CCC(CC)(OC(=O)COC(=O)C1CC2CC1C(C)C2C)C1CCCCC1.CCC1(OC(=O)CCOC(=O)C2CC3CC2C(C)C3C)CCCC1.CCC1(OC(=O)COC(=O)C2CC3CC2C(C)C3C)CCCCC1. The molecule has 0 spiro atoms. The molecule has 143 heavy (non-hydrogen) atoms. The van der Waals surface area contributed by atoms with Gasteiger partial charge in [-0.3, -0.25) is 33.6 Å². The highest BCUT2D eigenvalue weighted by Gasteiger charge is 2.59. The van der Waals surface area contributed by atoms with E-state index in [1.165, 1.54) is 44.9 Å². The Labute approximate surface area is 859 Å². The number of hydrogen-bond acceptors (Lipinski definition) is 24. The third-order valence-corrected chi connectivity index (χ3v) is 43.0. The first-order chi connectivity index (χ1) is 67.6. The molecule has 17 saturated carbocycles. The van der Waals surface area contributed by atoms with Gasteiger partial charge in [0.05, 0.1) is 41.9 Å². The molecule has 0 aromatic rings. The Morgan fingerprint density at radius 1 is 0.287 bits per heavy atom. The maximum Gasteiger partial charge on any atom is 0.344 e. The summed E-state index contributed by atoms with van der Waals surface area (Å²) in [5.74, 6) is 12.0. The monoisotopic (exact) mass is 2010 g/mol. The lowest BCUT2D eigenvalue weighted by Gasteiger charge is -2.41. The second-order valence-electron chi connectivity index (χ2n) is 51.1. The highest BCUT2D eigenvalue weighted by atomic mass is 16.6. The molecule has 0 N–H and O–H groups in total. The summed E-state index contributed by atoms with van der Waals surface area (Å²) in [6.07, 6.45) is 40.2. The Kier molecular flexibility index (Phi) is 40.4. The van der Waals surface area contributed by atoms with Crippen molar-refractivity contribution in [3.8, 4) is 0 Å². The summed E-state index contributed by atoms with van der Waals surface area (Å²) < 4.78 is 65.9. The molecular weight excluding hydrogens is 1810 g/mol. The van der Waals surface area contributed by atoms with E-state index < -0.39 is 29.1 Å². The van der Waals surface area contributed by atoms with Gasteiger partial charge in [-0.25, -0.2) is 24.0 Å². The van der Waals surface area contributed by atoms with Crippen LogP contribution in [0.4, 0.5) is 0 Å². The van der Waals surface area contributed by atoms with Crippen LogP contribution in [0.15, 0.2) is 0 Å². The van der Waals surface area contributed by atoms with Crippen molar-refractivity contribution < 1.29 is 114 Å². The molecule has 30 unspecified atom stereocenters. The van der Waals surface area contributed by atoms with Gasteiger partial charge in [-0.1, -0.05) is 163 Å². The molecule has 0 aliphatic heterocycles. The molecule has 30 atom stereocenters. The third-order valence-electron chi connectivity index (χ3n) is 43.0. The van der Waals surface area contributed by atoms with Crippen LogP contribution in [0.2, 0.25) is 0 Å². The standard InChI is InChI=1S/C23H38O4.3C20H32O4.C18H28O4.C18H30O4/c1-5-23(6-2,18-10-8-7-9-11-18)27-21(24)14-26-22(25)20-13-17-12-19(20)16(4)15(17)3;1-12-13(2)16-9-14(12)10-17(16)19(22)23-11-18(21)24-20(3,4)15-7-5-6-8-15;1-4-20(8-5-6-9-20)24-18(21)7-10-23-19(22)17-12-15-11-16(17)14(3)13(15)2;1-4-20(8-6-5-7-9-20)24-18(21)12-23-19(22)17-11-15-10-16(17)14(3)13(15)2;1-11-12(2)14-8-13(11)9-15(14)17(20)21-10-16(19)22-18(3)6-4-5-7-18;1-10(2)18(5,6)22-16(19)9-21-17(20)15-8-13-7-14(15)12(4)11(13)3/h15-20H,5-14H2,1-4H3;12-17H,5-11H2,1-4H3;2*13-17H,4-12H2,1-3H3;11-15H,4-10H2,1-3H3;10-15H,7-9H2,1-6H3. The highest BCUT2D eigenvalue weighted by molar-refractivity contribution is 5.82. The summed E-state index contributed by atoms with van der Waals surface area (Å²) in [4.78, 5) is 147. The summed E-state index contributed by atoms with van der Waals surface area (Å²) in [5.41, 5.74) is -2.31. The van der Waals surface area contributed by atoms with E-state index in [2.05, 4.69) is 111 Å². The smallest absolute Gasteiger partial charge is 0.344 e. The molecular formula is C119H192O24. The maximum atomic E-state index is 12.6. The molecule has 12 bridgehead atoms. The lowest BCUT2D eigenvalue weighted by atomic mass is 9.74. The minimum absolute atomic E-state index is 0.00827. The zero-order chi connectivity index (χ0) is 104. The van der Waals surface area contributed by atoms with E-state index >= 15 is 0 Å². The van der Waals surface area contributed by atoms with Crippen LogP contribution in [0.3, 0.4) is 0 Å². The van der Waals surface area contributed by atoms with E-state index in [0.717, 1.165) is 205 Å². The van der Waals surface area contributed by atoms with E-state index in [1.807, 2.05) is 48.5 Å². The molecule has 17 aliphatic carbocycles. The minimum atomic E-state index is -0.542. The largest absolute Gasteiger partial charge is 0.465 e. The van der Waals surface area contributed by atoms with Crippen LogP contribution in [0.1, 0.15) is 410 Å². The van der Waals surface area contributed by atoms with Gasteiger partial charge in [-0.15, -0.1) is 0 Å². The first-order valence-corrected chi connectivity index (χ1v) is 58.0. The molecule has 0 aromatic carbocycles. The summed E-state index contributed by atoms with van der Waals surface area (Å²) in [7, 11) is 0. The van der Waals surface area contributed by atoms with Gasteiger partial charge in [0.2, 0.25) is 0 Å². The zero-order valence-corrected chi connectivity index (χ0v) is 92.7. The second kappa shape index (κ2) is 50.1. The molecule has 24 heteroatoms. The fourth-order valence-corrected chi connectivity index (χ4v) is 31.6. The maximum absolute atomic E-state index is 12.6. The summed E-state index contributed by atoms with van der Waals surface area (Å²) in [6.45, 7) is 48.2. The van der Waals surface area contributed by atoms with Crippen LogP contribution in [-0.2, 0) is 114 Å². The fraction of sp³-hybridized carbons (Fsp3) is 0.899. The zero-order valence-electron chi connectivity index (χ0n) is 92.7. The van der Waals surface area contributed by atoms with Crippen molar-refractivity contribution in [2.45, 2.75) is 443 Å².